The molecule has 0 heterocycles. The lowest BCUT2D eigenvalue weighted by molar-refractivity contribution is -0.144. The zero-order valence-electron chi connectivity index (χ0n) is 13.0. The monoisotopic (exact) mass is 285 g/mol. The number of carboxylic acids is 1. The molecule has 0 aliphatic heterocycles. The molecular formula is C16H31NO3. The lowest BCUT2D eigenvalue weighted by Crippen LogP contribution is -2.47. The minimum absolute atomic E-state index is 0.262. The van der Waals surface area contributed by atoms with E-state index < -0.39 is 11.6 Å². The molecule has 1 aliphatic carbocycles. The van der Waals surface area contributed by atoms with Crippen LogP contribution in [0, 0.1) is 5.92 Å². The average molecular weight is 285 g/mol. The van der Waals surface area contributed by atoms with Crippen LogP contribution < -0.4 is 5.32 Å². The van der Waals surface area contributed by atoms with Gasteiger partial charge in [-0.25, -0.2) is 0 Å². The Labute approximate surface area is 123 Å². The summed E-state index contributed by atoms with van der Waals surface area (Å²) < 4.78 is 0. The zero-order chi connectivity index (χ0) is 15.0. The number of aliphatic carboxylic acids is 1. The fraction of sp³-hybridized carbons (Fsp3) is 0.938. The van der Waals surface area contributed by atoms with Crippen LogP contribution in [0.4, 0.5) is 0 Å². The first-order valence-corrected chi connectivity index (χ1v) is 8.19. The molecule has 1 atom stereocenters. The van der Waals surface area contributed by atoms with Crippen molar-refractivity contribution >= 4 is 5.97 Å². The van der Waals surface area contributed by atoms with Gasteiger partial charge in [0.2, 0.25) is 0 Å². The molecular weight excluding hydrogens is 254 g/mol. The maximum absolute atomic E-state index is 10.9. The highest BCUT2D eigenvalue weighted by molar-refractivity contribution is 5.70. The molecule has 1 saturated carbocycles. The van der Waals surface area contributed by atoms with Crippen molar-refractivity contribution in [3.8, 4) is 0 Å². The Hall–Kier alpha value is -0.610. The summed E-state index contributed by atoms with van der Waals surface area (Å²) in [4.78, 5) is 10.9. The highest BCUT2D eigenvalue weighted by Gasteiger charge is 2.35. The van der Waals surface area contributed by atoms with Gasteiger partial charge in [0.05, 0.1) is 11.5 Å². The number of nitrogens with one attached hydrogen (secondary N) is 1. The van der Waals surface area contributed by atoms with Crippen LogP contribution in [-0.4, -0.2) is 34.4 Å². The molecule has 20 heavy (non-hydrogen) atoms. The first-order chi connectivity index (χ1) is 9.50. The molecule has 0 saturated heterocycles. The van der Waals surface area contributed by atoms with Gasteiger partial charge in [0.15, 0.2) is 0 Å². The molecule has 0 amide bonds. The molecule has 1 rings (SSSR count). The van der Waals surface area contributed by atoms with Gasteiger partial charge < -0.3 is 15.5 Å². The third-order valence-electron chi connectivity index (χ3n) is 4.53. The molecule has 1 aliphatic rings. The van der Waals surface area contributed by atoms with Gasteiger partial charge in [-0.2, -0.15) is 0 Å². The van der Waals surface area contributed by atoms with Crippen molar-refractivity contribution in [3.05, 3.63) is 0 Å². The molecule has 118 valence electrons. The Bertz CT molecular complexity index is 285. The van der Waals surface area contributed by atoms with Gasteiger partial charge in [0.1, 0.15) is 0 Å². The normalized spacial score (nSPS) is 28.2. The highest BCUT2D eigenvalue weighted by Crippen LogP contribution is 2.32. The predicted molar refractivity (Wildman–Crippen MR) is 80.8 cm³/mol. The topological polar surface area (TPSA) is 69.6 Å². The molecule has 0 aromatic carbocycles. The molecule has 1 unspecified atom stereocenters. The third-order valence-corrected chi connectivity index (χ3v) is 4.53. The number of hydrogen-bond acceptors (Lipinski definition) is 3. The lowest BCUT2D eigenvalue weighted by atomic mass is 9.78. The predicted octanol–water partition coefficient (Wildman–Crippen LogP) is 2.94. The third kappa shape index (κ3) is 5.80. The first kappa shape index (κ1) is 17.4. The molecule has 0 aromatic heterocycles. The van der Waals surface area contributed by atoms with E-state index in [1.165, 1.54) is 12.8 Å². The summed E-state index contributed by atoms with van der Waals surface area (Å²) in [6.07, 6.45) is 8.28. The second-order valence-electron chi connectivity index (χ2n) is 6.35. The van der Waals surface area contributed by atoms with E-state index in [2.05, 4.69) is 19.2 Å². The van der Waals surface area contributed by atoms with E-state index in [9.17, 15) is 9.90 Å². The SMILES string of the molecule is CCCCC(CCC)NCC1(O)CCC(C(=O)O)CC1. The number of hydrogen-bond donors (Lipinski definition) is 3. The van der Waals surface area contributed by atoms with Crippen LogP contribution in [0.25, 0.3) is 0 Å². The Morgan fingerprint density at radius 2 is 1.90 bits per heavy atom. The fourth-order valence-electron chi connectivity index (χ4n) is 3.06. The second-order valence-corrected chi connectivity index (χ2v) is 6.35. The summed E-state index contributed by atoms with van der Waals surface area (Å²) in [5.74, 6) is -0.978. The number of carbonyl (C=O) groups is 1. The van der Waals surface area contributed by atoms with Crippen molar-refractivity contribution in [1.82, 2.24) is 5.32 Å². The molecule has 1 fully saturated rings. The summed E-state index contributed by atoms with van der Waals surface area (Å²) in [7, 11) is 0. The summed E-state index contributed by atoms with van der Waals surface area (Å²) in [6, 6.07) is 0.487. The van der Waals surface area contributed by atoms with Crippen LogP contribution >= 0.6 is 0 Å². The number of unbranched alkanes of at least 4 members (excludes halogenated alkanes) is 1. The molecule has 0 radical (unpaired) electrons. The number of aliphatic hydroxyl groups is 1. The van der Waals surface area contributed by atoms with Gasteiger partial charge in [-0.1, -0.05) is 33.1 Å². The van der Waals surface area contributed by atoms with Crippen molar-refractivity contribution in [2.24, 2.45) is 5.92 Å². The van der Waals surface area contributed by atoms with Crippen LogP contribution in [0.1, 0.15) is 71.6 Å². The van der Waals surface area contributed by atoms with Crippen molar-refractivity contribution in [2.75, 3.05) is 6.54 Å². The summed E-state index contributed by atoms with van der Waals surface area (Å²) in [6.45, 7) is 4.99. The van der Waals surface area contributed by atoms with Gasteiger partial charge in [-0.15, -0.1) is 0 Å². The van der Waals surface area contributed by atoms with E-state index in [1.54, 1.807) is 0 Å². The average Bonchev–Trinajstić information content (AvgIpc) is 2.42. The first-order valence-electron chi connectivity index (χ1n) is 8.19. The fourth-order valence-corrected chi connectivity index (χ4v) is 3.06. The van der Waals surface area contributed by atoms with Crippen LogP contribution in [0.5, 0.6) is 0 Å². The molecule has 0 aromatic rings. The van der Waals surface area contributed by atoms with E-state index in [1.807, 2.05) is 0 Å². The Morgan fingerprint density at radius 1 is 1.25 bits per heavy atom. The maximum atomic E-state index is 10.9. The smallest absolute Gasteiger partial charge is 0.306 e. The largest absolute Gasteiger partial charge is 0.481 e. The van der Waals surface area contributed by atoms with Crippen molar-refractivity contribution < 1.29 is 15.0 Å². The van der Waals surface area contributed by atoms with E-state index in [0.29, 0.717) is 38.3 Å². The standard InChI is InChI=1S/C16H31NO3/c1-3-5-7-14(6-4-2)17-12-16(20)10-8-13(9-11-16)15(18)19/h13-14,17,20H,3-12H2,1-2H3,(H,18,19). The van der Waals surface area contributed by atoms with Gasteiger partial charge in [0, 0.05) is 12.6 Å². The molecule has 0 spiro atoms. The van der Waals surface area contributed by atoms with Crippen molar-refractivity contribution in [1.29, 1.82) is 0 Å². The Morgan fingerprint density at radius 3 is 2.40 bits per heavy atom. The summed E-state index contributed by atoms with van der Waals surface area (Å²) >= 11 is 0. The highest BCUT2D eigenvalue weighted by atomic mass is 16.4. The Kier molecular flexibility index (Phi) is 7.52. The summed E-state index contributed by atoms with van der Waals surface area (Å²) in [5, 5.41) is 23.1. The van der Waals surface area contributed by atoms with Crippen LogP contribution in [0.2, 0.25) is 0 Å². The van der Waals surface area contributed by atoms with E-state index >= 15 is 0 Å². The molecule has 3 N–H and O–H groups in total. The molecule has 4 nitrogen and oxygen atoms in total. The van der Waals surface area contributed by atoms with Crippen LogP contribution in [-0.2, 0) is 4.79 Å². The van der Waals surface area contributed by atoms with Gasteiger partial charge in [-0.3, -0.25) is 4.79 Å². The van der Waals surface area contributed by atoms with E-state index in [0.717, 1.165) is 19.3 Å². The molecule has 4 heteroatoms. The van der Waals surface area contributed by atoms with E-state index in [-0.39, 0.29) is 5.92 Å². The van der Waals surface area contributed by atoms with Crippen molar-refractivity contribution in [3.63, 3.8) is 0 Å². The van der Waals surface area contributed by atoms with Crippen molar-refractivity contribution in [2.45, 2.75) is 83.3 Å². The Balaban J connectivity index is 2.36. The van der Waals surface area contributed by atoms with E-state index in [4.69, 9.17) is 5.11 Å². The van der Waals surface area contributed by atoms with Gasteiger partial charge in [-0.05, 0) is 38.5 Å². The quantitative estimate of drug-likeness (QED) is 0.609. The van der Waals surface area contributed by atoms with Gasteiger partial charge >= 0.3 is 5.97 Å². The maximum Gasteiger partial charge on any atom is 0.306 e. The zero-order valence-corrected chi connectivity index (χ0v) is 13.0. The second kappa shape index (κ2) is 8.63. The number of carboxylic acid groups (broad SMARTS) is 1. The van der Waals surface area contributed by atoms with Crippen LogP contribution in [0.3, 0.4) is 0 Å². The molecule has 0 bridgehead atoms. The minimum Gasteiger partial charge on any atom is -0.481 e. The van der Waals surface area contributed by atoms with Crippen LogP contribution in [0.15, 0.2) is 0 Å². The lowest BCUT2D eigenvalue weighted by Gasteiger charge is -2.36. The summed E-state index contributed by atoms with van der Waals surface area (Å²) in [5.41, 5.74) is -0.704. The number of rotatable bonds is 9. The van der Waals surface area contributed by atoms with Gasteiger partial charge in [0.25, 0.3) is 0 Å². The minimum atomic E-state index is -0.716.